The summed E-state index contributed by atoms with van der Waals surface area (Å²) in [4.78, 5) is 22.3. The van der Waals surface area contributed by atoms with Crippen LogP contribution >= 0.6 is 0 Å². The third kappa shape index (κ3) is 3.88. The average Bonchev–Trinajstić information content (AvgIpc) is 2.28. The van der Waals surface area contributed by atoms with E-state index in [0.717, 1.165) is 25.7 Å². The Morgan fingerprint density at radius 3 is 2.06 bits per heavy atom. The summed E-state index contributed by atoms with van der Waals surface area (Å²) in [6, 6.07) is 0. The quantitative estimate of drug-likeness (QED) is 0.481. The summed E-state index contributed by atoms with van der Waals surface area (Å²) in [7, 11) is 0. The van der Waals surface area contributed by atoms with E-state index >= 15 is 0 Å². The van der Waals surface area contributed by atoms with Crippen molar-refractivity contribution in [3.8, 4) is 0 Å². The highest BCUT2D eigenvalue weighted by Gasteiger charge is 2.42. The van der Waals surface area contributed by atoms with Gasteiger partial charge in [0.05, 0.1) is 5.41 Å². The number of rotatable bonds is 9. The number of carbonyl (C=O) groups is 2. The van der Waals surface area contributed by atoms with Crippen molar-refractivity contribution < 1.29 is 19.8 Å². The van der Waals surface area contributed by atoms with Crippen molar-refractivity contribution in [2.75, 3.05) is 0 Å². The van der Waals surface area contributed by atoms with Gasteiger partial charge >= 0.3 is 11.9 Å². The Bertz CT molecular complexity index is 296. The Balaban J connectivity index is 4.78. The molecule has 0 fully saturated rings. The molecule has 0 spiro atoms. The topological polar surface area (TPSA) is 74.6 Å². The summed E-state index contributed by atoms with van der Waals surface area (Å²) in [5.74, 6) is -2.30. The number of unbranched alkanes of at least 4 members (excludes halogenated alkanes) is 3. The number of carboxylic acids is 2. The SMILES string of the molecule is C=C(C(=O)O)C(CC)(CCCCCC)C(=O)O. The van der Waals surface area contributed by atoms with E-state index in [-0.39, 0.29) is 12.0 Å². The molecule has 4 heteroatoms. The van der Waals surface area contributed by atoms with Gasteiger partial charge in [0.15, 0.2) is 0 Å². The molecule has 0 aliphatic rings. The number of carboxylic acid groups (broad SMARTS) is 2. The molecular weight excluding hydrogens is 220 g/mol. The van der Waals surface area contributed by atoms with Gasteiger partial charge in [0.1, 0.15) is 0 Å². The lowest BCUT2D eigenvalue weighted by Gasteiger charge is -2.28. The highest BCUT2D eigenvalue weighted by atomic mass is 16.4. The summed E-state index contributed by atoms with van der Waals surface area (Å²) in [5.41, 5.74) is -1.51. The highest BCUT2D eigenvalue weighted by molar-refractivity contribution is 5.95. The number of hydrogen-bond donors (Lipinski definition) is 2. The lowest BCUT2D eigenvalue weighted by atomic mass is 9.74. The summed E-state index contributed by atoms with van der Waals surface area (Å²) in [5, 5.41) is 18.2. The lowest BCUT2D eigenvalue weighted by molar-refractivity contribution is -0.150. The molecule has 17 heavy (non-hydrogen) atoms. The molecule has 0 heterocycles. The monoisotopic (exact) mass is 242 g/mol. The minimum atomic E-state index is -1.31. The van der Waals surface area contributed by atoms with E-state index in [1.54, 1.807) is 6.92 Å². The van der Waals surface area contributed by atoms with E-state index in [9.17, 15) is 14.7 Å². The fourth-order valence-electron chi connectivity index (χ4n) is 1.99. The largest absolute Gasteiger partial charge is 0.481 e. The second-order valence-electron chi connectivity index (χ2n) is 4.34. The van der Waals surface area contributed by atoms with Crippen molar-refractivity contribution in [1.29, 1.82) is 0 Å². The molecule has 0 aliphatic carbocycles. The molecule has 0 aromatic carbocycles. The molecule has 4 nitrogen and oxygen atoms in total. The fourth-order valence-corrected chi connectivity index (χ4v) is 1.99. The number of hydrogen-bond acceptors (Lipinski definition) is 2. The van der Waals surface area contributed by atoms with E-state index < -0.39 is 17.4 Å². The van der Waals surface area contributed by atoms with Crippen LogP contribution in [0, 0.1) is 5.41 Å². The first-order valence-electron chi connectivity index (χ1n) is 6.08. The highest BCUT2D eigenvalue weighted by Crippen LogP contribution is 2.36. The van der Waals surface area contributed by atoms with Crippen LogP contribution < -0.4 is 0 Å². The van der Waals surface area contributed by atoms with Gasteiger partial charge in [-0.1, -0.05) is 46.1 Å². The Kier molecular flexibility index (Phi) is 6.54. The summed E-state index contributed by atoms with van der Waals surface area (Å²) < 4.78 is 0. The van der Waals surface area contributed by atoms with Crippen LogP contribution in [0.5, 0.6) is 0 Å². The van der Waals surface area contributed by atoms with Gasteiger partial charge in [0.25, 0.3) is 0 Å². The van der Waals surface area contributed by atoms with Gasteiger partial charge in [0, 0.05) is 5.57 Å². The summed E-state index contributed by atoms with van der Waals surface area (Å²) in [6.45, 7) is 7.20. The molecule has 0 radical (unpaired) electrons. The Labute approximate surface area is 102 Å². The van der Waals surface area contributed by atoms with Gasteiger partial charge in [-0.15, -0.1) is 0 Å². The first-order valence-corrected chi connectivity index (χ1v) is 6.08. The van der Waals surface area contributed by atoms with E-state index in [0.29, 0.717) is 6.42 Å². The molecule has 0 saturated heterocycles. The molecular formula is C13H22O4. The molecule has 0 aromatic heterocycles. The van der Waals surface area contributed by atoms with Gasteiger partial charge < -0.3 is 10.2 Å². The van der Waals surface area contributed by atoms with E-state index in [1.165, 1.54) is 0 Å². The predicted molar refractivity (Wildman–Crippen MR) is 65.9 cm³/mol. The van der Waals surface area contributed by atoms with Crippen LogP contribution in [0.4, 0.5) is 0 Å². The standard InChI is InChI=1S/C13H22O4/c1-4-6-7-8-9-13(5-2,12(16)17)10(3)11(14)15/h3-9H2,1-2H3,(H,14,15)(H,16,17). The van der Waals surface area contributed by atoms with Gasteiger partial charge in [0.2, 0.25) is 0 Å². The van der Waals surface area contributed by atoms with Gasteiger partial charge in [-0.3, -0.25) is 4.79 Å². The van der Waals surface area contributed by atoms with Crippen molar-refractivity contribution in [3.05, 3.63) is 12.2 Å². The minimum Gasteiger partial charge on any atom is -0.481 e. The van der Waals surface area contributed by atoms with Crippen molar-refractivity contribution in [2.24, 2.45) is 5.41 Å². The van der Waals surface area contributed by atoms with Crippen LogP contribution in [0.3, 0.4) is 0 Å². The Hall–Kier alpha value is -1.32. The third-order valence-corrected chi connectivity index (χ3v) is 3.31. The normalized spacial score (nSPS) is 14.0. The van der Waals surface area contributed by atoms with Crippen molar-refractivity contribution in [3.63, 3.8) is 0 Å². The van der Waals surface area contributed by atoms with Crippen molar-refractivity contribution in [1.82, 2.24) is 0 Å². The fraction of sp³-hybridized carbons (Fsp3) is 0.692. The molecule has 0 rings (SSSR count). The molecule has 2 N–H and O–H groups in total. The average molecular weight is 242 g/mol. The van der Waals surface area contributed by atoms with Gasteiger partial charge in [-0.05, 0) is 12.8 Å². The van der Waals surface area contributed by atoms with Crippen molar-refractivity contribution >= 4 is 11.9 Å². The van der Waals surface area contributed by atoms with Crippen LogP contribution in [-0.4, -0.2) is 22.2 Å². The van der Waals surface area contributed by atoms with Crippen LogP contribution in [0.2, 0.25) is 0 Å². The maximum atomic E-state index is 11.3. The van der Waals surface area contributed by atoms with Crippen LogP contribution in [-0.2, 0) is 9.59 Å². The van der Waals surface area contributed by atoms with E-state index in [4.69, 9.17) is 5.11 Å². The first-order chi connectivity index (χ1) is 7.92. The van der Waals surface area contributed by atoms with E-state index in [1.807, 2.05) is 0 Å². The molecule has 0 aromatic rings. The zero-order valence-corrected chi connectivity index (χ0v) is 10.7. The second-order valence-corrected chi connectivity index (χ2v) is 4.34. The molecule has 98 valence electrons. The minimum absolute atomic E-state index is 0.205. The predicted octanol–water partition coefficient (Wildman–Crippen LogP) is 3.08. The maximum absolute atomic E-state index is 11.3. The molecule has 0 saturated carbocycles. The van der Waals surface area contributed by atoms with Crippen LogP contribution in [0.1, 0.15) is 52.4 Å². The summed E-state index contributed by atoms with van der Waals surface area (Å²) >= 11 is 0. The molecule has 0 amide bonds. The molecule has 0 aliphatic heterocycles. The van der Waals surface area contributed by atoms with Crippen LogP contribution in [0.25, 0.3) is 0 Å². The molecule has 1 atom stereocenters. The zero-order valence-electron chi connectivity index (χ0n) is 10.7. The van der Waals surface area contributed by atoms with Gasteiger partial charge in [-0.25, -0.2) is 4.79 Å². The van der Waals surface area contributed by atoms with Crippen molar-refractivity contribution in [2.45, 2.75) is 52.4 Å². The van der Waals surface area contributed by atoms with E-state index in [2.05, 4.69) is 13.5 Å². The summed E-state index contributed by atoms with van der Waals surface area (Å²) in [6.07, 6.45) is 4.37. The Morgan fingerprint density at radius 1 is 1.12 bits per heavy atom. The van der Waals surface area contributed by atoms with Crippen LogP contribution in [0.15, 0.2) is 12.2 Å². The lowest BCUT2D eigenvalue weighted by Crippen LogP contribution is -2.35. The number of aliphatic carboxylic acids is 2. The molecule has 0 bridgehead atoms. The second kappa shape index (κ2) is 7.09. The maximum Gasteiger partial charge on any atom is 0.332 e. The Morgan fingerprint density at radius 2 is 1.71 bits per heavy atom. The smallest absolute Gasteiger partial charge is 0.332 e. The zero-order chi connectivity index (χ0) is 13.5. The van der Waals surface area contributed by atoms with Gasteiger partial charge in [-0.2, -0.15) is 0 Å². The third-order valence-electron chi connectivity index (χ3n) is 3.31. The molecule has 1 unspecified atom stereocenters. The first kappa shape index (κ1) is 15.7.